The Hall–Kier alpha value is -9.12. The van der Waals surface area contributed by atoms with Gasteiger partial charge in [-0.15, -0.1) is 0 Å². The number of hydrogen-bond donors (Lipinski definition) is 0. The highest BCUT2D eigenvalue weighted by Crippen LogP contribution is 2.42. The van der Waals surface area contributed by atoms with E-state index in [0.29, 0.717) is 5.82 Å². The lowest BCUT2D eigenvalue weighted by Gasteiger charge is -2.17. The molecule has 0 unspecified atom stereocenters. The molecule has 4 heteroatoms. The first-order valence-electron chi connectivity index (χ1n) is 23.2. The molecule has 0 radical (unpaired) electrons. The number of nitrogens with zero attached hydrogens (tertiary/aromatic N) is 4. The molecule has 14 rings (SSSR count). The number of para-hydroxylation sites is 4. The molecule has 0 aliphatic carbocycles. The zero-order valence-electron chi connectivity index (χ0n) is 36.9. The molecule has 4 nitrogen and oxygen atoms in total. The lowest BCUT2D eigenvalue weighted by molar-refractivity contribution is 1.13. The fraction of sp³-hybridized carbons (Fsp3) is 0. The van der Waals surface area contributed by atoms with Crippen molar-refractivity contribution < 1.29 is 0 Å². The van der Waals surface area contributed by atoms with Gasteiger partial charge >= 0.3 is 0 Å². The molecule has 0 saturated heterocycles. The van der Waals surface area contributed by atoms with Gasteiger partial charge in [-0.2, -0.15) is 0 Å². The van der Waals surface area contributed by atoms with Crippen LogP contribution in [0.25, 0.3) is 132 Å². The highest BCUT2D eigenvalue weighted by molar-refractivity contribution is 6.20. The van der Waals surface area contributed by atoms with Crippen LogP contribution in [0.2, 0.25) is 0 Å². The Bertz CT molecular complexity index is 4090. The minimum atomic E-state index is 0.672. The van der Waals surface area contributed by atoms with Gasteiger partial charge < -0.3 is 9.13 Å². The second kappa shape index (κ2) is 15.2. The molecule has 0 aliphatic rings. The zero-order chi connectivity index (χ0) is 44.7. The van der Waals surface area contributed by atoms with Crippen LogP contribution in [0.15, 0.2) is 243 Å². The Morgan fingerprint density at radius 1 is 0.250 bits per heavy atom. The summed E-state index contributed by atoms with van der Waals surface area (Å²) in [7, 11) is 0. The third-order valence-corrected chi connectivity index (χ3v) is 13.8. The molecule has 14 aromatic rings. The molecule has 0 atom stereocenters. The van der Waals surface area contributed by atoms with Crippen molar-refractivity contribution in [1.82, 2.24) is 19.1 Å². The first kappa shape index (κ1) is 38.2. The summed E-state index contributed by atoms with van der Waals surface area (Å²) in [5.41, 5.74) is 13.7. The van der Waals surface area contributed by atoms with Crippen molar-refractivity contribution in [2.24, 2.45) is 0 Å². The van der Waals surface area contributed by atoms with Crippen molar-refractivity contribution in [2.75, 3.05) is 0 Å². The van der Waals surface area contributed by atoms with Gasteiger partial charge in [0.15, 0.2) is 5.82 Å². The van der Waals surface area contributed by atoms with E-state index >= 15 is 0 Å². The average Bonchev–Trinajstić information content (AvgIpc) is 3.93. The van der Waals surface area contributed by atoms with Gasteiger partial charge in [-0.25, -0.2) is 9.97 Å². The van der Waals surface area contributed by atoms with E-state index in [9.17, 15) is 0 Å². The minimum absolute atomic E-state index is 0.672. The number of aromatic nitrogens is 4. The van der Waals surface area contributed by atoms with Crippen LogP contribution >= 0.6 is 0 Å². The van der Waals surface area contributed by atoms with E-state index in [1.807, 2.05) is 6.07 Å². The number of hydrogen-bond acceptors (Lipinski definition) is 2. The Morgan fingerprint density at radius 2 is 0.721 bits per heavy atom. The smallest absolute Gasteiger partial charge is 0.160 e. The van der Waals surface area contributed by atoms with Gasteiger partial charge in [-0.05, 0) is 104 Å². The second-order valence-corrected chi connectivity index (χ2v) is 17.7. The molecule has 3 heterocycles. The van der Waals surface area contributed by atoms with Gasteiger partial charge in [-0.1, -0.05) is 182 Å². The zero-order valence-corrected chi connectivity index (χ0v) is 36.9. The maximum Gasteiger partial charge on any atom is 0.160 e. The van der Waals surface area contributed by atoms with E-state index in [2.05, 4.69) is 246 Å². The van der Waals surface area contributed by atoms with Gasteiger partial charge in [-0.3, -0.25) is 0 Å². The molecule has 316 valence electrons. The van der Waals surface area contributed by atoms with E-state index in [0.717, 1.165) is 67.1 Å². The van der Waals surface area contributed by atoms with Crippen LogP contribution in [0.1, 0.15) is 0 Å². The van der Waals surface area contributed by atoms with Crippen LogP contribution in [0.3, 0.4) is 0 Å². The van der Waals surface area contributed by atoms with E-state index in [1.54, 1.807) is 0 Å². The lowest BCUT2D eigenvalue weighted by atomic mass is 9.89. The summed E-state index contributed by atoms with van der Waals surface area (Å²) >= 11 is 0. The topological polar surface area (TPSA) is 35.6 Å². The van der Waals surface area contributed by atoms with E-state index < -0.39 is 0 Å². The maximum atomic E-state index is 5.46. The SMILES string of the molecule is c1ccc(-c2nc(-c3cccc(-c4c5ccccc5cc5c4ccc4ccccc45)c3)cc(-c3cc(-n4c5ccccc5c5ccccc54)cc(-n4c5ccccc5c5ccccc54)c3)n2)cc1. The highest BCUT2D eigenvalue weighted by Gasteiger charge is 2.20. The van der Waals surface area contributed by atoms with E-state index in [4.69, 9.17) is 9.97 Å². The fourth-order valence-corrected chi connectivity index (χ4v) is 10.8. The van der Waals surface area contributed by atoms with Gasteiger partial charge in [0.1, 0.15) is 0 Å². The summed E-state index contributed by atoms with van der Waals surface area (Å²) in [6, 6.07) is 87.7. The number of rotatable bonds is 6. The summed E-state index contributed by atoms with van der Waals surface area (Å²) in [5.74, 6) is 0.672. The maximum absolute atomic E-state index is 5.46. The van der Waals surface area contributed by atoms with Crippen molar-refractivity contribution >= 4 is 75.9 Å². The molecule has 11 aromatic carbocycles. The van der Waals surface area contributed by atoms with Crippen LogP contribution in [0, 0.1) is 0 Å². The fourth-order valence-electron chi connectivity index (χ4n) is 10.8. The first-order chi connectivity index (χ1) is 33.7. The third-order valence-electron chi connectivity index (χ3n) is 13.8. The number of fused-ring (bicyclic) bond motifs is 10. The Kier molecular flexibility index (Phi) is 8.55. The molecule has 0 N–H and O–H groups in total. The third kappa shape index (κ3) is 6.01. The molecule has 0 amide bonds. The van der Waals surface area contributed by atoms with E-state index in [1.165, 1.54) is 59.4 Å². The Labute approximate surface area is 392 Å². The van der Waals surface area contributed by atoms with Gasteiger partial charge in [0, 0.05) is 49.6 Å². The largest absolute Gasteiger partial charge is 0.309 e. The van der Waals surface area contributed by atoms with Crippen LogP contribution in [0.4, 0.5) is 0 Å². The molecular formula is C64H40N4. The monoisotopic (exact) mass is 864 g/mol. The average molecular weight is 865 g/mol. The Morgan fingerprint density at radius 3 is 1.32 bits per heavy atom. The van der Waals surface area contributed by atoms with Crippen LogP contribution < -0.4 is 0 Å². The first-order valence-corrected chi connectivity index (χ1v) is 23.2. The van der Waals surface area contributed by atoms with Gasteiger partial charge in [0.25, 0.3) is 0 Å². The van der Waals surface area contributed by atoms with Crippen LogP contribution in [-0.4, -0.2) is 19.1 Å². The van der Waals surface area contributed by atoms with Crippen molar-refractivity contribution in [3.8, 4) is 56.4 Å². The predicted molar refractivity (Wildman–Crippen MR) is 285 cm³/mol. The number of benzene rings is 11. The molecular weight excluding hydrogens is 825 g/mol. The Balaban J connectivity index is 1.03. The highest BCUT2D eigenvalue weighted by atomic mass is 15.0. The lowest BCUT2D eigenvalue weighted by Crippen LogP contribution is -2.01. The van der Waals surface area contributed by atoms with Crippen molar-refractivity contribution in [1.29, 1.82) is 0 Å². The molecule has 68 heavy (non-hydrogen) atoms. The quantitative estimate of drug-likeness (QED) is 0.123. The van der Waals surface area contributed by atoms with E-state index in [-0.39, 0.29) is 0 Å². The second-order valence-electron chi connectivity index (χ2n) is 17.7. The molecule has 0 saturated carbocycles. The normalized spacial score (nSPS) is 11.8. The van der Waals surface area contributed by atoms with Crippen molar-refractivity contribution in [3.63, 3.8) is 0 Å². The summed E-state index contributed by atoms with van der Waals surface area (Å²) in [6.45, 7) is 0. The van der Waals surface area contributed by atoms with Crippen LogP contribution in [-0.2, 0) is 0 Å². The van der Waals surface area contributed by atoms with Crippen molar-refractivity contribution in [2.45, 2.75) is 0 Å². The summed E-state index contributed by atoms with van der Waals surface area (Å²) in [5, 5.41) is 12.3. The predicted octanol–water partition coefficient (Wildman–Crippen LogP) is 16.8. The molecule has 0 fully saturated rings. The molecule has 3 aromatic heterocycles. The van der Waals surface area contributed by atoms with Crippen LogP contribution in [0.5, 0.6) is 0 Å². The summed E-state index contributed by atoms with van der Waals surface area (Å²) in [4.78, 5) is 10.8. The standard InChI is InChI=1S/C64H40N4/c1-2-18-42(19-3-1)64-65-57(44-21-16-22-45(35-44)63-50-24-7-5-20-43(50)38-56-49-23-6-4-17-41(49)33-34-55(56)63)40-58(66-64)46-36-47(67-59-29-12-8-25-51(59)52-26-9-13-30-60(52)67)39-48(37-46)68-61-31-14-10-27-53(61)54-28-11-15-32-62(54)68/h1-40H. The van der Waals surface area contributed by atoms with Gasteiger partial charge in [0.2, 0.25) is 0 Å². The minimum Gasteiger partial charge on any atom is -0.309 e. The molecule has 0 bridgehead atoms. The molecule has 0 aliphatic heterocycles. The van der Waals surface area contributed by atoms with Crippen molar-refractivity contribution in [3.05, 3.63) is 243 Å². The molecule has 0 spiro atoms. The van der Waals surface area contributed by atoms with Gasteiger partial charge in [0.05, 0.1) is 33.5 Å². The summed E-state index contributed by atoms with van der Waals surface area (Å²) < 4.78 is 4.82. The summed E-state index contributed by atoms with van der Waals surface area (Å²) in [6.07, 6.45) is 0.